The first kappa shape index (κ1) is 31.8. The maximum Gasteiger partial charge on any atom is 0.271 e. The summed E-state index contributed by atoms with van der Waals surface area (Å²) in [5, 5.41) is 23.1. The molecule has 9 nitrogen and oxygen atoms in total. The van der Waals surface area contributed by atoms with E-state index in [1.165, 1.54) is 36.4 Å². The number of imide groups is 1. The highest BCUT2D eigenvalue weighted by molar-refractivity contribution is 9.10. The summed E-state index contributed by atoms with van der Waals surface area (Å²) in [6.45, 7) is 0. The van der Waals surface area contributed by atoms with E-state index in [0.29, 0.717) is 26.7 Å². The van der Waals surface area contributed by atoms with Crippen LogP contribution < -0.4 is 4.90 Å². The maximum atomic E-state index is 15.1. The zero-order valence-corrected chi connectivity index (χ0v) is 28.0. The Bertz CT molecular complexity index is 2200. The largest absolute Gasteiger partial charge is 0.508 e. The van der Waals surface area contributed by atoms with E-state index in [1.54, 1.807) is 36.4 Å². The monoisotopic (exact) mass is 728 g/mol. The third-order valence-corrected chi connectivity index (χ3v) is 11.5. The molecule has 4 aromatic carbocycles. The molecular formula is C40H29BrN2O7. The van der Waals surface area contributed by atoms with Gasteiger partial charge in [0, 0.05) is 39.6 Å². The molecule has 1 heterocycles. The van der Waals surface area contributed by atoms with E-state index in [2.05, 4.69) is 15.9 Å². The van der Waals surface area contributed by atoms with Crippen molar-refractivity contribution in [1.82, 2.24) is 0 Å². The number of fused-ring (bicyclic) bond motifs is 4. The number of non-ortho nitro benzene ring substituents is 1. The van der Waals surface area contributed by atoms with Crippen molar-refractivity contribution in [1.29, 1.82) is 0 Å². The number of phenols is 1. The molecule has 0 aromatic heterocycles. The first-order valence-corrected chi connectivity index (χ1v) is 17.1. The average Bonchev–Trinajstić information content (AvgIpc) is 3.39. The Balaban J connectivity index is 1.36. The molecule has 10 heteroatoms. The van der Waals surface area contributed by atoms with Crippen molar-refractivity contribution in [3.63, 3.8) is 0 Å². The van der Waals surface area contributed by atoms with Gasteiger partial charge in [-0.3, -0.25) is 29.3 Å². The van der Waals surface area contributed by atoms with Gasteiger partial charge in [0.2, 0.25) is 11.8 Å². The van der Waals surface area contributed by atoms with Gasteiger partial charge in [-0.15, -0.1) is 0 Å². The Labute approximate surface area is 295 Å². The minimum absolute atomic E-state index is 0.0685. The molecule has 6 atom stereocenters. The van der Waals surface area contributed by atoms with Gasteiger partial charge in [0.25, 0.3) is 5.69 Å². The van der Waals surface area contributed by atoms with Gasteiger partial charge in [-0.05, 0) is 60.2 Å². The topological polar surface area (TPSA) is 135 Å². The molecule has 0 spiro atoms. The van der Waals surface area contributed by atoms with Crippen molar-refractivity contribution < 1.29 is 29.2 Å². The first-order valence-electron chi connectivity index (χ1n) is 16.3. The number of carbonyl (C=O) groups is 4. The van der Waals surface area contributed by atoms with Crippen LogP contribution in [0.25, 0.3) is 5.57 Å². The molecule has 0 bridgehead atoms. The molecule has 2 fully saturated rings. The molecule has 0 unspecified atom stereocenters. The summed E-state index contributed by atoms with van der Waals surface area (Å²) in [7, 11) is 0. The number of anilines is 1. The zero-order chi connectivity index (χ0) is 34.9. The molecule has 50 heavy (non-hydrogen) atoms. The van der Waals surface area contributed by atoms with Crippen molar-refractivity contribution in [2.75, 3.05) is 4.90 Å². The standard InChI is InChI=1S/C40H29BrN2O7/c41-24-14-17-33(44)31(18-24)36-27-15-16-28-35(39(48)42(38(28)47)25-12-7-13-26(19-25)43(49)50)30(27)20-32-37(46)29(22-8-3-1-4-9-22)21-34(45)40(32,36)23-10-5-2-6-11-23/h1-15,17-19,21,28,30,32,35-36,44H,16,20H2/t28-,30+,32-,35-,36+,40-/m0/s1. The Kier molecular flexibility index (Phi) is 7.52. The molecule has 0 radical (unpaired) electrons. The lowest BCUT2D eigenvalue weighted by molar-refractivity contribution is -0.384. The van der Waals surface area contributed by atoms with Crippen LogP contribution in [-0.4, -0.2) is 33.4 Å². The highest BCUT2D eigenvalue weighted by Crippen LogP contribution is 2.64. The number of Topliss-reactive ketones (excluding diaryl/α,β-unsaturated/α-hetero) is 1. The lowest BCUT2D eigenvalue weighted by Gasteiger charge is -2.55. The number of allylic oxidation sites excluding steroid dienone is 4. The van der Waals surface area contributed by atoms with Crippen LogP contribution in [0.1, 0.15) is 35.4 Å². The van der Waals surface area contributed by atoms with Crippen LogP contribution in [-0.2, 0) is 24.6 Å². The van der Waals surface area contributed by atoms with Crippen LogP contribution in [0.3, 0.4) is 0 Å². The number of nitrogens with zero attached hydrogens (tertiary/aromatic N) is 2. The molecule has 1 saturated carbocycles. The number of halogens is 1. The minimum Gasteiger partial charge on any atom is -0.508 e. The predicted molar refractivity (Wildman–Crippen MR) is 188 cm³/mol. The molecule has 8 rings (SSSR count). The lowest BCUT2D eigenvalue weighted by Crippen LogP contribution is -2.58. The first-order chi connectivity index (χ1) is 24.1. The number of ketones is 2. The van der Waals surface area contributed by atoms with Crippen molar-refractivity contribution in [3.8, 4) is 5.75 Å². The van der Waals surface area contributed by atoms with Gasteiger partial charge in [-0.1, -0.05) is 94.3 Å². The number of hydrogen-bond donors (Lipinski definition) is 1. The molecule has 1 saturated heterocycles. The van der Waals surface area contributed by atoms with Gasteiger partial charge in [0.1, 0.15) is 5.75 Å². The van der Waals surface area contributed by atoms with Crippen molar-refractivity contribution >= 4 is 56.3 Å². The predicted octanol–water partition coefficient (Wildman–Crippen LogP) is 7.09. The van der Waals surface area contributed by atoms with Gasteiger partial charge < -0.3 is 5.11 Å². The quantitative estimate of drug-likeness (QED) is 0.100. The van der Waals surface area contributed by atoms with Crippen LogP contribution in [0, 0.1) is 33.8 Å². The Morgan fingerprint density at radius 3 is 2.28 bits per heavy atom. The smallest absolute Gasteiger partial charge is 0.271 e. The van der Waals surface area contributed by atoms with Gasteiger partial charge in [-0.2, -0.15) is 0 Å². The summed E-state index contributed by atoms with van der Waals surface area (Å²) < 4.78 is 0.653. The van der Waals surface area contributed by atoms with Crippen LogP contribution >= 0.6 is 15.9 Å². The van der Waals surface area contributed by atoms with Gasteiger partial charge in [0.05, 0.1) is 27.9 Å². The van der Waals surface area contributed by atoms with Crippen molar-refractivity contribution in [3.05, 3.63) is 152 Å². The number of carbonyl (C=O) groups excluding carboxylic acids is 4. The summed E-state index contributed by atoms with van der Waals surface area (Å²) in [6, 6.07) is 28.6. The highest BCUT2D eigenvalue weighted by Gasteiger charge is 2.66. The molecule has 1 aliphatic heterocycles. The second kappa shape index (κ2) is 11.8. The fraction of sp³-hybridized carbons (Fsp3) is 0.200. The normalized spacial score (nSPS) is 27.2. The van der Waals surface area contributed by atoms with Crippen molar-refractivity contribution in [2.45, 2.75) is 24.2 Å². The third-order valence-electron chi connectivity index (χ3n) is 11.0. The van der Waals surface area contributed by atoms with Crippen LogP contribution in [0.5, 0.6) is 5.75 Å². The number of rotatable bonds is 5. The van der Waals surface area contributed by atoms with E-state index >= 15 is 4.79 Å². The summed E-state index contributed by atoms with van der Waals surface area (Å²) in [5.74, 6) is -5.72. The lowest BCUT2D eigenvalue weighted by atomic mass is 9.44. The maximum absolute atomic E-state index is 15.1. The highest BCUT2D eigenvalue weighted by atomic mass is 79.9. The molecule has 1 N–H and O–H groups in total. The molecular weight excluding hydrogens is 700 g/mol. The number of nitro groups is 1. The van der Waals surface area contributed by atoms with Crippen LogP contribution in [0.2, 0.25) is 0 Å². The SMILES string of the molecule is O=C1C(c2ccccc2)=CC(=O)[C@@]2(c3ccccc3)[C@@H](c3cc(Br)ccc3O)C3=CC[C@@H]4C(=O)N(c5cccc([N+](=O)[O-])c5)C(=O)[C@@H]4[C@@H]3C[C@@H]12. The molecule has 3 aliphatic carbocycles. The number of aromatic hydroxyl groups is 1. The number of nitro benzene ring substituents is 1. The summed E-state index contributed by atoms with van der Waals surface area (Å²) in [6.07, 6.45) is 3.63. The summed E-state index contributed by atoms with van der Waals surface area (Å²) >= 11 is 3.54. The second-order valence-corrected chi connectivity index (χ2v) is 14.2. The molecule has 4 aliphatic rings. The minimum atomic E-state index is -1.48. The Morgan fingerprint density at radius 1 is 0.840 bits per heavy atom. The summed E-state index contributed by atoms with van der Waals surface area (Å²) in [4.78, 5) is 70.6. The van der Waals surface area contributed by atoms with E-state index in [1.807, 2.05) is 42.5 Å². The number of amides is 2. The van der Waals surface area contributed by atoms with E-state index in [4.69, 9.17) is 0 Å². The number of phenolic OH excluding ortho intramolecular Hbond substituents is 1. The van der Waals surface area contributed by atoms with Crippen LogP contribution in [0.4, 0.5) is 11.4 Å². The molecule has 4 aromatic rings. The van der Waals surface area contributed by atoms with Crippen LogP contribution in [0.15, 0.2) is 125 Å². The van der Waals surface area contributed by atoms with Crippen molar-refractivity contribution in [2.24, 2.45) is 23.7 Å². The molecule has 2 amide bonds. The van der Waals surface area contributed by atoms with Gasteiger partial charge in [-0.25, -0.2) is 4.90 Å². The van der Waals surface area contributed by atoms with Gasteiger partial charge in [0.15, 0.2) is 11.6 Å². The fourth-order valence-corrected chi connectivity index (χ4v) is 9.35. The van der Waals surface area contributed by atoms with E-state index in [0.717, 1.165) is 4.90 Å². The number of benzene rings is 4. The Hall–Kier alpha value is -5.48. The van der Waals surface area contributed by atoms with E-state index in [-0.39, 0.29) is 47.1 Å². The fourth-order valence-electron chi connectivity index (χ4n) is 8.98. The van der Waals surface area contributed by atoms with E-state index in [9.17, 15) is 29.6 Å². The number of hydrogen-bond acceptors (Lipinski definition) is 7. The Morgan fingerprint density at radius 2 is 1.56 bits per heavy atom. The summed E-state index contributed by atoms with van der Waals surface area (Å²) in [5.41, 5.74) is 1.00. The second-order valence-electron chi connectivity index (χ2n) is 13.3. The average molecular weight is 730 g/mol. The zero-order valence-electron chi connectivity index (χ0n) is 26.4. The third kappa shape index (κ3) is 4.58. The molecule has 248 valence electrons. The van der Waals surface area contributed by atoms with E-state index < -0.39 is 51.7 Å². The van der Waals surface area contributed by atoms with Gasteiger partial charge >= 0.3 is 0 Å².